The standard InChI is InChI=1S/C17H23N3O3/c1-10-7-14(10)15-5-3-12(21-15)8-18-9-13-4-6-16(22-13)17-19-11(2)20-23-17/h3,5,10,13-14,16,18H,4,6-9H2,1-2H3/t10?,13-,14?,16+/m1/s1. The molecule has 4 rings (SSSR count). The van der Waals surface area contributed by atoms with Crippen molar-refractivity contribution in [2.45, 2.75) is 57.8 Å². The molecule has 1 aliphatic carbocycles. The minimum absolute atomic E-state index is 0.0606. The van der Waals surface area contributed by atoms with E-state index in [0.29, 0.717) is 17.6 Å². The fourth-order valence-corrected chi connectivity index (χ4v) is 3.25. The molecule has 0 aromatic carbocycles. The molecule has 0 bridgehead atoms. The van der Waals surface area contributed by atoms with E-state index in [1.54, 1.807) is 0 Å². The van der Waals surface area contributed by atoms with Crippen molar-refractivity contribution in [2.75, 3.05) is 6.54 Å². The monoisotopic (exact) mass is 317 g/mol. The number of nitrogens with zero attached hydrogens (tertiary/aromatic N) is 2. The number of nitrogens with one attached hydrogen (secondary N) is 1. The third-order valence-corrected chi connectivity index (χ3v) is 4.75. The summed E-state index contributed by atoms with van der Waals surface area (Å²) in [7, 11) is 0. The van der Waals surface area contributed by atoms with Crippen LogP contribution in [0.3, 0.4) is 0 Å². The fourth-order valence-electron chi connectivity index (χ4n) is 3.25. The molecule has 2 aromatic heterocycles. The van der Waals surface area contributed by atoms with E-state index in [9.17, 15) is 0 Å². The van der Waals surface area contributed by atoms with Gasteiger partial charge in [-0.25, -0.2) is 0 Å². The van der Waals surface area contributed by atoms with Crippen molar-refractivity contribution < 1.29 is 13.7 Å². The molecule has 3 heterocycles. The van der Waals surface area contributed by atoms with E-state index in [1.165, 1.54) is 6.42 Å². The highest BCUT2D eigenvalue weighted by molar-refractivity contribution is 5.17. The molecule has 0 spiro atoms. The smallest absolute Gasteiger partial charge is 0.255 e. The van der Waals surface area contributed by atoms with Crippen LogP contribution in [0.5, 0.6) is 0 Å². The highest BCUT2D eigenvalue weighted by Gasteiger charge is 2.36. The molecule has 23 heavy (non-hydrogen) atoms. The van der Waals surface area contributed by atoms with Gasteiger partial charge >= 0.3 is 0 Å². The van der Waals surface area contributed by atoms with Crippen LogP contribution in [-0.4, -0.2) is 22.8 Å². The number of hydrogen-bond acceptors (Lipinski definition) is 6. The summed E-state index contributed by atoms with van der Waals surface area (Å²) in [6.07, 6.45) is 3.31. The van der Waals surface area contributed by atoms with E-state index in [-0.39, 0.29) is 12.2 Å². The summed E-state index contributed by atoms with van der Waals surface area (Å²) in [6.45, 7) is 5.63. The second kappa shape index (κ2) is 6.09. The molecule has 4 atom stereocenters. The lowest BCUT2D eigenvalue weighted by atomic mass is 10.2. The molecule has 2 aromatic rings. The Morgan fingerprint density at radius 1 is 1.30 bits per heavy atom. The maximum atomic E-state index is 5.98. The van der Waals surface area contributed by atoms with Gasteiger partial charge < -0.3 is 19.0 Å². The van der Waals surface area contributed by atoms with Gasteiger partial charge in [0.05, 0.1) is 12.6 Å². The first kappa shape index (κ1) is 14.9. The van der Waals surface area contributed by atoms with Gasteiger partial charge in [0.15, 0.2) is 5.82 Å². The number of furan rings is 1. The Labute approximate surface area is 135 Å². The summed E-state index contributed by atoms with van der Waals surface area (Å²) in [4.78, 5) is 4.25. The van der Waals surface area contributed by atoms with Gasteiger partial charge in [0.1, 0.15) is 17.6 Å². The topological polar surface area (TPSA) is 73.3 Å². The van der Waals surface area contributed by atoms with Gasteiger partial charge in [0.2, 0.25) is 0 Å². The molecule has 1 saturated carbocycles. The molecule has 1 aliphatic heterocycles. The summed E-state index contributed by atoms with van der Waals surface area (Å²) in [5.41, 5.74) is 0. The maximum Gasteiger partial charge on any atom is 0.255 e. The molecule has 2 fully saturated rings. The lowest BCUT2D eigenvalue weighted by molar-refractivity contribution is 0.0262. The Morgan fingerprint density at radius 2 is 2.17 bits per heavy atom. The molecule has 2 aliphatic rings. The van der Waals surface area contributed by atoms with Gasteiger partial charge in [-0.2, -0.15) is 4.98 Å². The van der Waals surface area contributed by atoms with Gasteiger partial charge in [-0.1, -0.05) is 12.1 Å². The quantitative estimate of drug-likeness (QED) is 0.882. The van der Waals surface area contributed by atoms with Crippen molar-refractivity contribution in [3.63, 3.8) is 0 Å². The second-order valence-electron chi connectivity index (χ2n) is 6.76. The van der Waals surface area contributed by atoms with Crippen LogP contribution in [-0.2, 0) is 11.3 Å². The highest BCUT2D eigenvalue weighted by Crippen LogP contribution is 2.47. The van der Waals surface area contributed by atoms with Crippen molar-refractivity contribution in [3.05, 3.63) is 35.4 Å². The van der Waals surface area contributed by atoms with E-state index in [0.717, 1.165) is 43.4 Å². The summed E-state index contributed by atoms with van der Waals surface area (Å²) in [5, 5.41) is 7.24. The number of rotatable bonds is 6. The first-order valence-electron chi connectivity index (χ1n) is 8.44. The Hall–Kier alpha value is -1.66. The Bertz CT molecular complexity index is 666. The summed E-state index contributed by atoms with van der Waals surface area (Å²) in [5.74, 6) is 4.81. The molecule has 0 amide bonds. The molecule has 6 heteroatoms. The average molecular weight is 317 g/mol. The van der Waals surface area contributed by atoms with E-state index in [4.69, 9.17) is 13.7 Å². The highest BCUT2D eigenvalue weighted by atomic mass is 16.5. The van der Waals surface area contributed by atoms with Gasteiger partial charge in [-0.3, -0.25) is 0 Å². The summed E-state index contributed by atoms with van der Waals surface area (Å²) < 4.78 is 17.1. The molecular formula is C17H23N3O3. The summed E-state index contributed by atoms with van der Waals surface area (Å²) >= 11 is 0. The van der Waals surface area contributed by atoms with Crippen LogP contribution in [0.4, 0.5) is 0 Å². The number of aromatic nitrogens is 2. The third kappa shape index (κ3) is 3.33. The molecule has 1 N–H and O–H groups in total. The molecule has 1 saturated heterocycles. The van der Waals surface area contributed by atoms with Crippen LogP contribution in [0.15, 0.2) is 21.1 Å². The molecule has 6 nitrogen and oxygen atoms in total. The van der Waals surface area contributed by atoms with E-state index in [1.807, 2.05) is 6.92 Å². The minimum atomic E-state index is -0.0606. The minimum Gasteiger partial charge on any atom is -0.464 e. The predicted octanol–water partition coefficient (Wildman–Crippen LogP) is 3.10. The van der Waals surface area contributed by atoms with Crippen molar-refractivity contribution in [1.29, 1.82) is 0 Å². The zero-order valence-electron chi connectivity index (χ0n) is 13.6. The van der Waals surface area contributed by atoms with Crippen molar-refractivity contribution >= 4 is 0 Å². The van der Waals surface area contributed by atoms with E-state index < -0.39 is 0 Å². The van der Waals surface area contributed by atoms with Gasteiger partial charge in [0.25, 0.3) is 5.89 Å². The van der Waals surface area contributed by atoms with Gasteiger partial charge in [-0.05, 0) is 44.2 Å². The zero-order chi connectivity index (χ0) is 15.8. The van der Waals surface area contributed by atoms with Crippen molar-refractivity contribution in [2.24, 2.45) is 5.92 Å². The molecule has 124 valence electrons. The molecule has 0 radical (unpaired) electrons. The first-order valence-corrected chi connectivity index (χ1v) is 8.44. The fraction of sp³-hybridized carbons (Fsp3) is 0.647. The van der Waals surface area contributed by atoms with E-state index >= 15 is 0 Å². The lowest BCUT2D eigenvalue weighted by Crippen LogP contribution is -2.25. The van der Waals surface area contributed by atoms with Crippen LogP contribution in [0.1, 0.15) is 61.4 Å². The van der Waals surface area contributed by atoms with E-state index in [2.05, 4.69) is 34.5 Å². The molecular weight excluding hydrogens is 294 g/mol. The van der Waals surface area contributed by atoms with Gasteiger partial charge in [-0.15, -0.1) is 0 Å². The summed E-state index contributed by atoms with van der Waals surface area (Å²) in [6, 6.07) is 4.19. The van der Waals surface area contributed by atoms with Gasteiger partial charge in [0, 0.05) is 12.5 Å². The number of hydrogen-bond donors (Lipinski definition) is 1. The van der Waals surface area contributed by atoms with Crippen molar-refractivity contribution in [3.8, 4) is 0 Å². The SMILES string of the molecule is Cc1noc([C@@H]2CC[C@H](CNCc3ccc(C4CC4C)o3)O2)n1. The average Bonchev–Trinajstić information content (AvgIpc) is 3.00. The zero-order valence-corrected chi connectivity index (χ0v) is 13.6. The Balaban J connectivity index is 1.22. The Kier molecular flexibility index (Phi) is 3.95. The maximum absolute atomic E-state index is 5.98. The Morgan fingerprint density at radius 3 is 2.91 bits per heavy atom. The van der Waals surface area contributed by atoms with Crippen LogP contribution in [0.2, 0.25) is 0 Å². The molecule has 2 unspecified atom stereocenters. The third-order valence-electron chi connectivity index (χ3n) is 4.75. The lowest BCUT2D eigenvalue weighted by Gasteiger charge is -2.11. The predicted molar refractivity (Wildman–Crippen MR) is 82.8 cm³/mol. The van der Waals surface area contributed by atoms with Crippen molar-refractivity contribution in [1.82, 2.24) is 15.5 Å². The van der Waals surface area contributed by atoms with Crippen LogP contribution < -0.4 is 5.32 Å². The van der Waals surface area contributed by atoms with Crippen LogP contribution in [0.25, 0.3) is 0 Å². The largest absolute Gasteiger partial charge is 0.464 e. The number of aryl methyl sites for hydroxylation is 1. The van der Waals surface area contributed by atoms with Crippen LogP contribution in [0, 0.1) is 12.8 Å². The van der Waals surface area contributed by atoms with Crippen LogP contribution >= 0.6 is 0 Å². The number of ether oxygens (including phenoxy) is 1. The normalized spacial score (nSPS) is 30.0. The second-order valence-corrected chi connectivity index (χ2v) is 6.76. The first-order chi connectivity index (χ1) is 11.2.